The molecule has 0 radical (unpaired) electrons. The van der Waals surface area contributed by atoms with E-state index in [0.717, 1.165) is 0 Å². The zero-order valence-electron chi connectivity index (χ0n) is 7.36. The second kappa shape index (κ2) is 4.23. The zero-order chi connectivity index (χ0) is 9.78. The predicted molar refractivity (Wildman–Crippen MR) is 40.2 cm³/mol. The summed E-state index contributed by atoms with van der Waals surface area (Å²) in [5.74, 6) is 0. The van der Waals surface area contributed by atoms with Crippen LogP contribution in [0.5, 0.6) is 0 Å². The second-order valence-corrected chi connectivity index (χ2v) is 3.27. The van der Waals surface area contributed by atoms with Crippen molar-refractivity contribution in [3.8, 4) is 0 Å². The number of ether oxygens (including phenoxy) is 1. The Labute approximate surface area is 70.1 Å². The van der Waals surface area contributed by atoms with Gasteiger partial charge in [-0.05, 0) is 20.8 Å². The third-order valence-corrected chi connectivity index (χ3v) is 0.800. The molecular formula is C7H13F2NO2. The van der Waals surface area contributed by atoms with Crippen LogP contribution in [-0.4, -0.2) is 24.7 Å². The molecule has 0 aliphatic heterocycles. The quantitative estimate of drug-likeness (QED) is 0.705. The Hall–Kier alpha value is -0.870. The number of alkyl halides is 2. The van der Waals surface area contributed by atoms with Gasteiger partial charge in [0.25, 0.3) is 6.43 Å². The molecule has 0 saturated heterocycles. The summed E-state index contributed by atoms with van der Waals surface area (Å²) >= 11 is 0. The van der Waals surface area contributed by atoms with Crippen molar-refractivity contribution in [2.24, 2.45) is 0 Å². The lowest BCUT2D eigenvalue weighted by molar-refractivity contribution is 0.0474. The van der Waals surface area contributed by atoms with Crippen LogP contribution in [0.1, 0.15) is 20.8 Å². The first-order valence-corrected chi connectivity index (χ1v) is 3.56. The molecule has 0 atom stereocenters. The largest absolute Gasteiger partial charge is 0.444 e. The van der Waals surface area contributed by atoms with Crippen LogP contribution in [0.4, 0.5) is 13.6 Å². The summed E-state index contributed by atoms with van der Waals surface area (Å²) in [6.07, 6.45) is -3.36. The molecule has 0 fully saturated rings. The van der Waals surface area contributed by atoms with Crippen LogP contribution < -0.4 is 5.32 Å². The van der Waals surface area contributed by atoms with E-state index in [2.05, 4.69) is 0 Å². The molecule has 0 aromatic heterocycles. The monoisotopic (exact) mass is 181 g/mol. The van der Waals surface area contributed by atoms with Gasteiger partial charge in [-0.3, -0.25) is 0 Å². The summed E-state index contributed by atoms with van der Waals surface area (Å²) in [6, 6.07) is 0. The highest BCUT2D eigenvalue weighted by molar-refractivity contribution is 5.67. The second-order valence-electron chi connectivity index (χ2n) is 3.27. The Kier molecular flexibility index (Phi) is 3.92. The lowest BCUT2D eigenvalue weighted by Gasteiger charge is -2.19. The van der Waals surface area contributed by atoms with Crippen molar-refractivity contribution in [2.45, 2.75) is 32.8 Å². The van der Waals surface area contributed by atoms with Crippen molar-refractivity contribution in [1.82, 2.24) is 5.32 Å². The first-order chi connectivity index (χ1) is 5.31. The lowest BCUT2D eigenvalue weighted by atomic mass is 10.2. The summed E-state index contributed by atoms with van der Waals surface area (Å²) in [7, 11) is 0. The molecule has 0 aliphatic carbocycles. The number of alkyl carbamates (subject to hydrolysis) is 1. The molecule has 0 bridgehead atoms. The smallest absolute Gasteiger partial charge is 0.407 e. The van der Waals surface area contributed by atoms with Gasteiger partial charge in [-0.2, -0.15) is 0 Å². The van der Waals surface area contributed by atoms with Crippen molar-refractivity contribution in [3.63, 3.8) is 0 Å². The first kappa shape index (κ1) is 11.1. The van der Waals surface area contributed by atoms with Gasteiger partial charge in [0, 0.05) is 0 Å². The van der Waals surface area contributed by atoms with Crippen molar-refractivity contribution < 1.29 is 18.3 Å². The average molecular weight is 181 g/mol. The van der Waals surface area contributed by atoms with E-state index in [0.29, 0.717) is 0 Å². The van der Waals surface area contributed by atoms with Crippen molar-refractivity contribution in [3.05, 3.63) is 0 Å². The molecule has 12 heavy (non-hydrogen) atoms. The van der Waals surface area contributed by atoms with Crippen LogP contribution in [0.3, 0.4) is 0 Å². The number of halogens is 2. The van der Waals surface area contributed by atoms with E-state index in [4.69, 9.17) is 4.74 Å². The van der Waals surface area contributed by atoms with Crippen LogP contribution in [-0.2, 0) is 4.74 Å². The number of rotatable bonds is 2. The number of hydrogen-bond donors (Lipinski definition) is 1. The van der Waals surface area contributed by atoms with E-state index in [1.54, 1.807) is 20.8 Å². The highest BCUT2D eigenvalue weighted by Crippen LogP contribution is 2.06. The molecule has 0 aromatic carbocycles. The van der Waals surface area contributed by atoms with Crippen LogP contribution in [0.15, 0.2) is 0 Å². The minimum absolute atomic E-state index is 0.647. The van der Waals surface area contributed by atoms with E-state index in [1.807, 2.05) is 5.32 Å². The average Bonchev–Trinajstić information content (AvgIpc) is 1.79. The molecule has 0 aliphatic rings. The summed E-state index contributed by atoms with van der Waals surface area (Å²) in [5.41, 5.74) is -0.647. The molecule has 0 unspecified atom stereocenters. The molecule has 5 heteroatoms. The maximum atomic E-state index is 11.6. The van der Waals surface area contributed by atoms with E-state index < -0.39 is 24.7 Å². The van der Waals surface area contributed by atoms with Gasteiger partial charge in [0.1, 0.15) is 5.60 Å². The Morgan fingerprint density at radius 2 is 2.00 bits per heavy atom. The predicted octanol–water partition coefficient (Wildman–Crippen LogP) is 1.78. The van der Waals surface area contributed by atoms with Crippen LogP contribution in [0, 0.1) is 0 Å². The Morgan fingerprint density at radius 3 is 2.33 bits per heavy atom. The van der Waals surface area contributed by atoms with Gasteiger partial charge in [-0.15, -0.1) is 0 Å². The Balaban J connectivity index is 3.61. The maximum absolute atomic E-state index is 11.6. The van der Waals surface area contributed by atoms with Crippen molar-refractivity contribution in [2.75, 3.05) is 6.54 Å². The fourth-order valence-electron chi connectivity index (χ4n) is 0.475. The minimum Gasteiger partial charge on any atom is -0.444 e. The van der Waals surface area contributed by atoms with Gasteiger partial charge in [-0.25, -0.2) is 13.6 Å². The van der Waals surface area contributed by atoms with Gasteiger partial charge >= 0.3 is 6.09 Å². The van der Waals surface area contributed by atoms with Crippen LogP contribution in [0.25, 0.3) is 0 Å². The molecule has 0 spiro atoms. The molecule has 0 heterocycles. The molecule has 3 nitrogen and oxygen atoms in total. The fraction of sp³-hybridized carbons (Fsp3) is 0.857. The van der Waals surface area contributed by atoms with Gasteiger partial charge in [-0.1, -0.05) is 0 Å². The summed E-state index contributed by atoms with van der Waals surface area (Å²) in [4.78, 5) is 10.7. The highest BCUT2D eigenvalue weighted by atomic mass is 19.3. The number of hydrogen-bond acceptors (Lipinski definition) is 2. The summed E-state index contributed by atoms with van der Waals surface area (Å²) in [5, 5.41) is 1.93. The molecule has 0 rings (SSSR count). The number of carbonyl (C=O) groups excluding carboxylic acids is 1. The van der Waals surface area contributed by atoms with Gasteiger partial charge in [0.2, 0.25) is 0 Å². The van der Waals surface area contributed by atoms with E-state index in [-0.39, 0.29) is 0 Å². The minimum atomic E-state index is -2.54. The molecule has 0 saturated carbocycles. The Bertz CT molecular complexity index is 154. The first-order valence-electron chi connectivity index (χ1n) is 3.56. The number of carbonyl (C=O) groups is 1. The van der Waals surface area contributed by atoms with E-state index >= 15 is 0 Å². The SMILES string of the molecule is CC(C)(C)OC(=O)NCC(F)F. The molecule has 1 amide bonds. The standard InChI is InChI=1S/C7H13F2NO2/c1-7(2,3)12-6(11)10-4-5(8)9/h5H,4H2,1-3H3,(H,10,11). The number of amides is 1. The molecule has 72 valence electrons. The third-order valence-electron chi connectivity index (χ3n) is 0.800. The maximum Gasteiger partial charge on any atom is 0.407 e. The molecule has 1 N–H and O–H groups in total. The lowest BCUT2D eigenvalue weighted by Crippen LogP contribution is -2.34. The number of nitrogens with one attached hydrogen (secondary N) is 1. The Morgan fingerprint density at radius 1 is 1.50 bits per heavy atom. The van der Waals surface area contributed by atoms with Gasteiger partial charge in [0.05, 0.1) is 6.54 Å². The topological polar surface area (TPSA) is 38.3 Å². The molecular weight excluding hydrogens is 168 g/mol. The highest BCUT2D eigenvalue weighted by Gasteiger charge is 2.16. The van der Waals surface area contributed by atoms with Crippen LogP contribution in [0.2, 0.25) is 0 Å². The summed E-state index contributed by atoms with van der Waals surface area (Å²) < 4.78 is 27.8. The van der Waals surface area contributed by atoms with Gasteiger partial charge < -0.3 is 10.1 Å². The summed E-state index contributed by atoms with van der Waals surface area (Å²) in [6.45, 7) is 4.31. The van der Waals surface area contributed by atoms with Crippen molar-refractivity contribution in [1.29, 1.82) is 0 Å². The van der Waals surface area contributed by atoms with Gasteiger partial charge in [0.15, 0.2) is 0 Å². The van der Waals surface area contributed by atoms with Crippen LogP contribution >= 0.6 is 0 Å². The fourth-order valence-corrected chi connectivity index (χ4v) is 0.475. The zero-order valence-corrected chi connectivity index (χ0v) is 7.36. The van der Waals surface area contributed by atoms with E-state index in [1.165, 1.54) is 0 Å². The van der Waals surface area contributed by atoms with Crippen molar-refractivity contribution >= 4 is 6.09 Å². The van der Waals surface area contributed by atoms with E-state index in [9.17, 15) is 13.6 Å². The normalized spacial score (nSPS) is 11.5. The molecule has 0 aromatic rings. The third kappa shape index (κ3) is 7.24.